The molecule has 1 saturated heterocycles. The molecule has 13 nitrogen and oxygen atoms in total. The number of fused-ring (bicyclic) bond motifs is 4. The number of ether oxygens (including phenoxy) is 2. The van der Waals surface area contributed by atoms with Gasteiger partial charge in [0.05, 0.1) is 23.9 Å². The van der Waals surface area contributed by atoms with E-state index in [4.69, 9.17) is 14.5 Å². The number of carbonyl (C=O) groups excluding carboxylic acids is 4. The van der Waals surface area contributed by atoms with E-state index in [1.165, 1.54) is 11.0 Å². The summed E-state index contributed by atoms with van der Waals surface area (Å²) in [4.78, 5) is 62.6. The molecule has 3 heterocycles. The second-order valence-electron chi connectivity index (χ2n) is 16.8. The normalized spacial score (nSPS) is 29.7. The van der Waals surface area contributed by atoms with Crippen molar-refractivity contribution >= 4 is 50.8 Å². The number of para-hydroxylation sites is 1. The van der Waals surface area contributed by atoms with E-state index < -0.39 is 68.7 Å². The van der Waals surface area contributed by atoms with Crippen LogP contribution < -0.4 is 20.1 Å². The molecule has 296 valence electrons. The van der Waals surface area contributed by atoms with Crippen molar-refractivity contribution in [2.75, 3.05) is 13.2 Å². The SMILES string of the molecule is C=C[C@@H]1C[C@]1(NC(=O)[C@@H]1C[C@@H]2CN1C(=O)[C@H](C1CCCCC1)NC(=O)OCC(C)(C)CCC/C=C\c1cc3ccccc3nc1O2)C(=O)NS(=O)(=O)C1CC1. The highest BCUT2D eigenvalue weighted by molar-refractivity contribution is 7.91. The van der Waals surface area contributed by atoms with E-state index in [0.717, 1.165) is 67.8 Å². The van der Waals surface area contributed by atoms with Crippen LogP contribution in [0.25, 0.3) is 17.0 Å². The van der Waals surface area contributed by atoms with E-state index in [2.05, 4.69) is 28.0 Å². The smallest absolute Gasteiger partial charge is 0.407 e. The summed E-state index contributed by atoms with van der Waals surface area (Å²) in [6.07, 6.45) is 12.1. The Labute approximate surface area is 323 Å². The summed E-state index contributed by atoms with van der Waals surface area (Å²) in [5.74, 6) is -2.18. The van der Waals surface area contributed by atoms with Crippen molar-refractivity contribution in [2.45, 2.75) is 120 Å². The van der Waals surface area contributed by atoms with Crippen LogP contribution in [0.4, 0.5) is 4.79 Å². The van der Waals surface area contributed by atoms with E-state index in [-0.39, 0.29) is 37.3 Å². The Morgan fingerprint density at radius 3 is 2.56 bits per heavy atom. The minimum Gasteiger partial charge on any atom is -0.472 e. The third-order valence-corrected chi connectivity index (χ3v) is 13.7. The topological polar surface area (TPSA) is 173 Å². The van der Waals surface area contributed by atoms with Gasteiger partial charge < -0.3 is 25.0 Å². The van der Waals surface area contributed by atoms with Crippen molar-refractivity contribution in [1.29, 1.82) is 0 Å². The lowest BCUT2D eigenvalue weighted by Gasteiger charge is -2.35. The molecule has 2 bridgehead atoms. The lowest BCUT2D eigenvalue weighted by Crippen LogP contribution is -2.59. The number of benzene rings is 1. The van der Waals surface area contributed by atoms with E-state index in [1.807, 2.05) is 50.3 Å². The van der Waals surface area contributed by atoms with Crippen molar-refractivity contribution in [2.24, 2.45) is 17.3 Å². The highest BCUT2D eigenvalue weighted by atomic mass is 32.2. The number of nitrogens with one attached hydrogen (secondary N) is 3. The fraction of sp³-hybridized carbons (Fsp3) is 0.585. The number of pyridine rings is 1. The Morgan fingerprint density at radius 1 is 1.07 bits per heavy atom. The van der Waals surface area contributed by atoms with Crippen LogP contribution in [0.15, 0.2) is 49.1 Å². The molecule has 1 aromatic carbocycles. The largest absolute Gasteiger partial charge is 0.472 e. The van der Waals surface area contributed by atoms with Crippen molar-refractivity contribution in [3.05, 3.63) is 54.6 Å². The minimum absolute atomic E-state index is 0.0156. The molecular weight excluding hydrogens is 723 g/mol. The first-order valence-electron chi connectivity index (χ1n) is 19.8. The van der Waals surface area contributed by atoms with Crippen LogP contribution in [0.5, 0.6) is 5.88 Å². The number of nitrogens with zero attached hydrogens (tertiary/aromatic N) is 2. The molecule has 3 N–H and O–H groups in total. The monoisotopic (exact) mass is 775 g/mol. The van der Waals surface area contributed by atoms with E-state index in [1.54, 1.807) is 0 Å². The molecule has 2 aromatic rings. The number of carbonyl (C=O) groups is 4. The van der Waals surface area contributed by atoms with Gasteiger partial charge in [-0.1, -0.05) is 69.5 Å². The standard InChI is InChI=1S/C41H53N5O8S/c1-4-29-23-41(29,38(49)45-55(51,52)31-18-19-31)44-35(47)33-22-30-24-46(33)37(48)34(26-13-7-5-8-14-26)43-39(50)53-25-40(2,3)20-12-6-9-16-28-21-27-15-10-11-17-32(27)42-36(28)54-30/h4,9-11,15-17,21,26,29-31,33-34H,1,5-8,12-14,18-20,22-25H2,2-3H3,(H,43,50)(H,44,47)(H,45,49)/b16-9-/t29-,30-,33+,34+,41-/m1/s1. The third kappa shape index (κ3) is 8.69. The summed E-state index contributed by atoms with van der Waals surface area (Å²) >= 11 is 0. The molecule has 5 atom stereocenters. The van der Waals surface area contributed by atoms with Gasteiger partial charge in [-0.15, -0.1) is 6.58 Å². The Balaban J connectivity index is 1.23. The Kier molecular flexibility index (Phi) is 11.0. The van der Waals surface area contributed by atoms with Crippen molar-refractivity contribution in [3.8, 4) is 5.88 Å². The molecule has 4 amide bonds. The van der Waals surface area contributed by atoms with Gasteiger partial charge in [-0.3, -0.25) is 19.1 Å². The molecule has 0 unspecified atom stereocenters. The maximum atomic E-state index is 14.8. The summed E-state index contributed by atoms with van der Waals surface area (Å²) in [6, 6.07) is 7.69. The molecule has 1 aromatic heterocycles. The Morgan fingerprint density at radius 2 is 1.84 bits per heavy atom. The Bertz CT molecular complexity index is 1970. The number of hydrogen-bond acceptors (Lipinski definition) is 9. The lowest BCUT2D eigenvalue weighted by atomic mass is 9.83. The summed E-state index contributed by atoms with van der Waals surface area (Å²) in [5, 5.41) is 6.06. The number of aromatic nitrogens is 1. The highest BCUT2D eigenvalue weighted by Gasteiger charge is 2.62. The predicted octanol–water partition coefficient (Wildman–Crippen LogP) is 5.15. The maximum absolute atomic E-state index is 14.8. The molecule has 7 rings (SSSR count). The van der Waals surface area contributed by atoms with Gasteiger partial charge in [0, 0.05) is 23.3 Å². The van der Waals surface area contributed by atoms with Gasteiger partial charge in [0.15, 0.2) is 0 Å². The number of allylic oxidation sites excluding steroid dienone is 1. The van der Waals surface area contributed by atoms with Gasteiger partial charge in [0.25, 0.3) is 5.91 Å². The molecular formula is C41H53N5O8S. The average Bonchev–Trinajstić information content (AvgIpc) is 4.09. The summed E-state index contributed by atoms with van der Waals surface area (Å²) in [6.45, 7) is 8.09. The lowest BCUT2D eigenvalue weighted by molar-refractivity contribution is -0.142. The molecule has 5 aliphatic rings. The molecule has 3 aliphatic carbocycles. The van der Waals surface area contributed by atoms with Crippen molar-refractivity contribution in [3.63, 3.8) is 0 Å². The molecule has 4 fully saturated rings. The minimum atomic E-state index is -3.89. The average molecular weight is 776 g/mol. The second kappa shape index (κ2) is 15.6. The van der Waals surface area contributed by atoms with Crippen LogP contribution in [-0.4, -0.2) is 84.2 Å². The second-order valence-corrected chi connectivity index (χ2v) is 18.8. The Hall–Kier alpha value is -4.46. The number of alkyl carbamates (subject to hydrolysis) is 1. The van der Waals surface area contributed by atoms with Crippen molar-refractivity contribution in [1.82, 2.24) is 25.2 Å². The predicted molar refractivity (Wildman–Crippen MR) is 207 cm³/mol. The maximum Gasteiger partial charge on any atom is 0.407 e. The number of hydrogen-bond donors (Lipinski definition) is 3. The molecule has 55 heavy (non-hydrogen) atoms. The number of sulfonamides is 1. The first-order chi connectivity index (χ1) is 26.3. The van der Waals surface area contributed by atoms with Crippen LogP contribution in [0.2, 0.25) is 0 Å². The quantitative estimate of drug-likeness (QED) is 0.322. The highest BCUT2D eigenvalue weighted by Crippen LogP contribution is 2.45. The molecule has 14 heteroatoms. The zero-order valence-corrected chi connectivity index (χ0v) is 32.6. The van der Waals surface area contributed by atoms with Gasteiger partial charge in [0.1, 0.15) is 23.7 Å². The van der Waals surface area contributed by atoms with Gasteiger partial charge in [-0.25, -0.2) is 18.2 Å². The van der Waals surface area contributed by atoms with E-state index in [0.29, 0.717) is 18.7 Å². The summed E-state index contributed by atoms with van der Waals surface area (Å²) in [5.41, 5.74) is -0.342. The summed E-state index contributed by atoms with van der Waals surface area (Å²) in [7, 11) is -3.89. The molecule has 2 aliphatic heterocycles. The first-order valence-corrected chi connectivity index (χ1v) is 21.3. The van der Waals surface area contributed by atoms with Crippen LogP contribution in [0, 0.1) is 17.3 Å². The van der Waals surface area contributed by atoms with Gasteiger partial charge in [-0.05, 0) is 74.8 Å². The van der Waals surface area contributed by atoms with Gasteiger partial charge >= 0.3 is 6.09 Å². The molecule has 3 saturated carbocycles. The fourth-order valence-electron chi connectivity index (χ4n) is 8.32. The zero-order chi connectivity index (χ0) is 39.0. The van der Waals surface area contributed by atoms with E-state index >= 15 is 0 Å². The fourth-order valence-corrected chi connectivity index (χ4v) is 9.68. The van der Waals surface area contributed by atoms with Crippen LogP contribution in [0.1, 0.15) is 96.5 Å². The van der Waals surface area contributed by atoms with Gasteiger partial charge in [0.2, 0.25) is 27.7 Å². The molecule has 0 spiro atoms. The zero-order valence-electron chi connectivity index (χ0n) is 31.8. The first kappa shape index (κ1) is 38.8. The number of amides is 4. The van der Waals surface area contributed by atoms with Crippen LogP contribution in [0.3, 0.4) is 0 Å². The van der Waals surface area contributed by atoms with Crippen LogP contribution in [-0.2, 0) is 29.1 Å². The third-order valence-electron chi connectivity index (χ3n) is 11.9. The van der Waals surface area contributed by atoms with Gasteiger partial charge in [-0.2, -0.15) is 0 Å². The summed E-state index contributed by atoms with van der Waals surface area (Å²) < 4.78 is 40.1. The number of cyclic esters (lactones) is 1. The van der Waals surface area contributed by atoms with Crippen LogP contribution >= 0.6 is 0 Å². The van der Waals surface area contributed by atoms with E-state index in [9.17, 15) is 27.6 Å². The number of rotatable bonds is 7. The van der Waals surface area contributed by atoms with Crippen molar-refractivity contribution < 1.29 is 37.1 Å². The molecule has 0 radical (unpaired) electrons.